The van der Waals surface area contributed by atoms with Crippen LogP contribution in [-0.2, 0) is 49.7 Å². The van der Waals surface area contributed by atoms with Gasteiger partial charge in [-0.1, -0.05) is 413 Å². The number of carbonyl (C=O) groups is 2. The largest absolute Gasteiger partial charge is 2.00 e. The molecule has 0 radical (unpaired) electrons. The topological polar surface area (TPSA) is 265 Å². The molecule has 0 aliphatic rings. The summed E-state index contributed by atoms with van der Waals surface area (Å²) in [6.07, 6.45) is 71.8. The summed E-state index contributed by atoms with van der Waals surface area (Å²) in [5.41, 5.74) is 0. The molecule has 0 saturated heterocycles. The van der Waals surface area contributed by atoms with E-state index >= 15 is 0 Å². The molecule has 0 atom stereocenters. The smallest absolute Gasteiger partial charge is 0.550 e. The Balaban J connectivity index is -0.00000184. The minimum Gasteiger partial charge on any atom is -0.550 e. The minimum absolute atomic E-state index is 0. The van der Waals surface area contributed by atoms with Crippen LogP contribution in [0.25, 0.3) is 0 Å². The molecule has 0 bridgehead atoms. The van der Waals surface area contributed by atoms with Crippen molar-refractivity contribution in [2.75, 3.05) is 23.0 Å². The van der Waals surface area contributed by atoms with Gasteiger partial charge in [0.05, 0.1) is 35.3 Å². The zero-order valence-corrected chi connectivity index (χ0v) is 72.6. The molecule has 0 aliphatic carbocycles. The maximum Gasteiger partial charge on any atom is 2.00 e. The van der Waals surface area contributed by atoms with Gasteiger partial charge in [0, 0.05) is 24.8 Å². The average Bonchev–Trinajstić information content (AvgIpc) is 0.897. The van der Waals surface area contributed by atoms with E-state index in [9.17, 15) is 53.5 Å². The molecule has 0 heterocycles. The second-order valence-electron chi connectivity index (χ2n) is 29.2. The van der Waals surface area contributed by atoms with Crippen LogP contribution in [0.15, 0.2) is 0 Å². The first-order valence-corrected chi connectivity index (χ1v) is 48.2. The third-order valence-electron chi connectivity index (χ3n) is 19.1. The van der Waals surface area contributed by atoms with Crippen molar-refractivity contribution < 1.29 is 53.5 Å². The Kier molecular flexibility index (Phi) is 79.7. The normalized spacial score (nSPS) is 12.2. The summed E-state index contributed by atoms with van der Waals surface area (Å²) in [4.78, 5) is 22.5. The molecule has 0 fully saturated rings. The number of carbonyl (C=O) groups excluding carboxylic acids is 2. The molecular weight excluding hydrogens is 1450 g/mol. The predicted molar refractivity (Wildman–Crippen MR) is 418 cm³/mol. The number of aliphatic carboxylic acids is 2. The van der Waals surface area contributed by atoms with Crippen LogP contribution in [-0.4, -0.2) is 130 Å². The molecule has 4 N–H and O–H groups in total. The molecule has 0 aromatic heterocycles. The fourth-order valence-electron chi connectivity index (χ4n) is 13.0. The Morgan fingerprint density at radius 2 is 0.313 bits per heavy atom. The number of rotatable bonds is 80. The van der Waals surface area contributed by atoms with Crippen molar-refractivity contribution in [2.45, 2.75) is 464 Å². The maximum atomic E-state index is 12.6. The van der Waals surface area contributed by atoms with Crippen LogP contribution in [0.4, 0.5) is 0 Å². The van der Waals surface area contributed by atoms with Crippen molar-refractivity contribution in [2.24, 2.45) is 0 Å². The van der Waals surface area contributed by atoms with Crippen molar-refractivity contribution in [1.82, 2.24) is 18.9 Å². The molecule has 0 saturated carbocycles. The number of carboxylic acid groups (broad SMARTS) is 2. The van der Waals surface area contributed by atoms with Crippen LogP contribution >= 0.6 is 0 Å². The van der Waals surface area contributed by atoms with E-state index in [2.05, 4.69) is 46.6 Å². The molecule has 0 spiro atoms. The summed E-state index contributed by atoms with van der Waals surface area (Å²) in [5.74, 6) is -3.65. The van der Waals surface area contributed by atoms with E-state index in [1.807, 2.05) is 0 Å². The van der Waals surface area contributed by atoms with Gasteiger partial charge in [0.15, 0.2) is 0 Å². The van der Waals surface area contributed by atoms with E-state index in [0.29, 0.717) is 25.7 Å². The Bertz CT molecular complexity index is 1910. The summed E-state index contributed by atoms with van der Waals surface area (Å²) in [7, 11) is -15.4. The molecule has 0 aromatic carbocycles. The van der Waals surface area contributed by atoms with E-state index in [4.69, 9.17) is 0 Å². The van der Waals surface area contributed by atoms with E-state index < -0.39 is 77.2 Å². The Morgan fingerprint density at radius 3 is 0.414 bits per heavy atom. The van der Waals surface area contributed by atoms with Crippen molar-refractivity contribution >= 4 is 101 Å². The summed E-state index contributed by atoms with van der Waals surface area (Å²) >= 11 is 0. The summed E-state index contributed by atoms with van der Waals surface area (Å²) in [5, 5.41) is 22.5. The second kappa shape index (κ2) is 76.4. The quantitative estimate of drug-likeness (QED) is 0.0252. The fourth-order valence-corrected chi connectivity index (χ4v) is 18.3. The first kappa shape index (κ1) is 103. The first-order chi connectivity index (χ1) is 47.2. The van der Waals surface area contributed by atoms with Gasteiger partial charge in [-0.2, -0.15) is 18.9 Å². The van der Waals surface area contributed by atoms with Crippen LogP contribution in [0.1, 0.15) is 451 Å². The van der Waals surface area contributed by atoms with Gasteiger partial charge in [0.1, 0.15) is 0 Å². The molecule has 588 valence electrons. The fraction of sp³-hybridized carbons (Fsp3) is 0.974. The van der Waals surface area contributed by atoms with Crippen LogP contribution in [0.5, 0.6) is 0 Å². The average molecular weight is 1610 g/mol. The summed E-state index contributed by atoms with van der Waals surface area (Å²) in [6.45, 7) is 9.00. The van der Waals surface area contributed by atoms with Crippen LogP contribution in [0, 0.1) is 0 Å². The third-order valence-corrected chi connectivity index (χ3v) is 25.0. The first-order valence-electron chi connectivity index (χ1n) is 41.6. The monoisotopic (exact) mass is 1610 g/mol. The molecule has 0 unspecified atom stereocenters. The van der Waals surface area contributed by atoms with Crippen molar-refractivity contribution in [3.8, 4) is 0 Å². The number of nitrogens with one attached hydrogen (secondary N) is 4. The van der Waals surface area contributed by atoms with Crippen molar-refractivity contribution in [3.63, 3.8) is 0 Å². The van der Waals surface area contributed by atoms with Gasteiger partial charge in [-0.25, -0.2) is 33.7 Å². The molecule has 16 nitrogen and oxygen atoms in total. The van der Waals surface area contributed by atoms with Crippen molar-refractivity contribution in [3.05, 3.63) is 0 Å². The van der Waals surface area contributed by atoms with Crippen LogP contribution < -0.4 is 29.1 Å². The van der Waals surface area contributed by atoms with Gasteiger partial charge in [-0.15, -0.1) is 0 Å². The van der Waals surface area contributed by atoms with Gasteiger partial charge in [-0.05, 0) is 25.7 Å². The Labute approximate surface area is 654 Å². The Morgan fingerprint density at radius 1 is 0.212 bits per heavy atom. The third kappa shape index (κ3) is 83.7. The van der Waals surface area contributed by atoms with Gasteiger partial charge < -0.3 is 19.8 Å². The van der Waals surface area contributed by atoms with Gasteiger partial charge >= 0.3 is 48.9 Å². The zero-order chi connectivity index (χ0) is 72.6. The van der Waals surface area contributed by atoms with E-state index in [-0.39, 0.29) is 71.9 Å². The molecule has 0 rings (SSSR count). The maximum absolute atomic E-state index is 12.6. The SMILES string of the molecule is CCCCCCCCCCCCCCCCCCS(=O)(=O)NC(CC(=O)[O-])NS(=O)(=O)CCCCCCCCCCCCCCCCCC.CCCCCCCCCCCCCCCCCCS(=O)(=O)NC(CC(=O)[O-])NS(=O)(=O)CCCCCCCCCCCCCCCCCC.[Ba+2]. The van der Waals surface area contributed by atoms with E-state index in [1.165, 1.54) is 283 Å². The molecule has 0 aliphatic heterocycles. The van der Waals surface area contributed by atoms with Crippen LogP contribution in [0.3, 0.4) is 0 Å². The van der Waals surface area contributed by atoms with E-state index in [0.717, 1.165) is 103 Å². The summed E-state index contributed by atoms with van der Waals surface area (Å²) in [6, 6.07) is 0. The Hall–Kier alpha value is 0.151. The van der Waals surface area contributed by atoms with Gasteiger partial charge in [0.25, 0.3) is 0 Å². The summed E-state index contributed by atoms with van der Waals surface area (Å²) < 4.78 is 110. The number of carboxylic acids is 2. The van der Waals surface area contributed by atoms with Crippen molar-refractivity contribution in [1.29, 1.82) is 0 Å². The number of unbranched alkanes of at least 4 members (excludes halogenated alkanes) is 60. The molecule has 0 amide bonds. The standard InChI is InChI=1S/2C39H80N2O6S2.Ba/c2*1-3-5-7-9-11-13-15-17-19-21-23-25-27-29-31-33-35-48(44,45)40-38(37-39(42)43)41-49(46,47)36-34-32-30-28-26-24-22-20-18-16-14-12-10-8-6-4-2;/h2*38,40-41H,3-37H2,1-2H3,(H,42,43);/q;;+2/p-2. The minimum atomic E-state index is -3.84. The second-order valence-corrected chi connectivity index (χ2v) is 36.7. The number of hydrogen-bond donors (Lipinski definition) is 4. The molecule has 21 heteroatoms. The van der Waals surface area contributed by atoms with Gasteiger partial charge in [0.2, 0.25) is 40.1 Å². The number of hydrogen-bond acceptors (Lipinski definition) is 12. The molecule has 0 aromatic rings. The van der Waals surface area contributed by atoms with E-state index in [1.54, 1.807) is 0 Å². The predicted octanol–water partition coefficient (Wildman–Crippen LogP) is 19.2. The number of sulfonamides is 4. The molecular formula is C78H158BaN4O12S4. The zero-order valence-electron chi connectivity index (χ0n) is 64.9. The van der Waals surface area contributed by atoms with Crippen LogP contribution in [0.2, 0.25) is 0 Å². The molecule has 99 heavy (non-hydrogen) atoms. The van der Waals surface area contributed by atoms with Gasteiger partial charge in [-0.3, -0.25) is 0 Å².